The van der Waals surface area contributed by atoms with Crippen LogP contribution in [0.5, 0.6) is 11.5 Å². The summed E-state index contributed by atoms with van der Waals surface area (Å²) < 4.78 is 21.5. The van der Waals surface area contributed by atoms with E-state index in [0.29, 0.717) is 46.6 Å². The first-order chi connectivity index (χ1) is 23.0. The van der Waals surface area contributed by atoms with Crippen LogP contribution in [0.3, 0.4) is 0 Å². The molecule has 0 aromatic heterocycles. The predicted molar refractivity (Wildman–Crippen MR) is 183 cm³/mol. The molecule has 0 bridgehead atoms. The summed E-state index contributed by atoms with van der Waals surface area (Å²) in [5, 5.41) is 3.61. The van der Waals surface area contributed by atoms with Gasteiger partial charge in [0.1, 0.15) is 11.5 Å². The summed E-state index contributed by atoms with van der Waals surface area (Å²) in [6, 6.07) is 28.5. The molecule has 0 saturated heterocycles. The van der Waals surface area contributed by atoms with Gasteiger partial charge in [0.25, 0.3) is 0 Å². The highest BCUT2D eigenvalue weighted by molar-refractivity contribution is 5.97. The standard InChI is InChI=1S/C40H34O8/c1-25(2)37(41)45-19-17-27-5-7-31-23-33(11-9-29(31)21-27)39(43)47-35-13-15-36(16-14-35)48-40(44)34-12-10-30-22-28(6-8-32(30)24-34)18-20-46-38(42)26(3)4/h5-16,21-24H,1,3,17-20H2,2,4H3. The van der Waals surface area contributed by atoms with Gasteiger partial charge in [-0.05, 0) is 95.1 Å². The second kappa shape index (κ2) is 15.0. The van der Waals surface area contributed by atoms with Crippen LogP contribution >= 0.6 is 0 Å². The van der Waals surface area contributed by atoms with Gasteiger partial charge in [-0.3, -0.25) is 0 Å². The van der Waals surface area contributed by atoms with Gasteiger partial charge in [0.2, 0.25) is 0 Å². The highest BCUT2D eigenvalue weighted by atomic mass is 16.5. The van der Waals surface area contributed by atoms with Crippen molar-refractivity contribution in [2.24, 2.45) is 0 Å². The molecule has 0 aliphatic carbocycles. The molecular weight excluding hydrogens is 608 g/mol. The monoisotopic (exact) mass is 642 g/mol. The molecule has 0 N–H and O–H groups in total. The number of rotatable bonds is 12. The summed E-state index contributed by atoms with van der Waals surface area (Å²) in [6.45, 7) is 10.9. The van der Waals surface area contributed by atoms with E-state index in [0.717, 1.165) is 32.7 Å². The van der Waals surface area contributed by atoms with Gasteiger partial charge in [0.15, 0.2) is 0 Å². The van der Waals surface area contributed by atoms with Crippen LogP contribution in [0.25, 0.3) is 21.5 Å². The number of hydrogen-bond donors (Lipinski definition) is 0. The van der Waals surface area contributed by atoms with Gasteiger partial charge >= 0.3 is 23.9 Å². The van der Waals surface area contributed by atoms with Crippen molar-refractivity contribution in [2.45, 2.75) is 26.7 Å². The van der Waals surface area contributed by atoms with E-state index in [1.807, 2.05) is 48.5 Å². The highest BCUT2D eigenvalue weighted by Gasteiger charge is 2.13. The largest absolute Gasteiger partial charge is 0.462 e. The van der Waals surface area contributed by atoms with Crippen LogP contribution in [-0.2, 0) is 31.9 Å². The van der Waals surface area contributed by atoms with Gasteiger partial charge in [-0.2, -0.15) is 0 Å². The number of hydrogen-bond acceptors (Lipinski definition) is 8. The summed E-state index contributed by atoms with van der Waals surface area (Å²) in [5.41, 5.74) is 3.49. The van der Waals surface area contributed by atoms with Crippen LogP contribution in [0, 0.1) is 0 Å². The van der Waals surface area contributed by atoms with Crippen molar-refractivity contribution in [1.82, 2.24) is 0 Å². The zero-order chi connectivity index (χ0) is 34.2. The van der Waals surface area contributed by atoms with E-state index in [9.17, 15) is 19.2 Å². The average molecular weight is 643 g/mol. The van der Waals surface area contributed by atoms with Gasteiger partial charge in [0.05, 0.1) is 24.3 Å². The van der Waals surface area contributed by atoms with E-state index in [4.69, 9.17) is 18.9 Å². The molecule has 8 nitrogen and oxygen atoms in total. The molecule has 242 valence electrons. The lowest BCUT2D eigenvalue weighted by atomic mass is 10.0. The second-order valence-corrected chi connectivity index (χ2v) is 11.4. The third-order valence-electron chi connectivity index (χ3n) is 7.47. The summed E-state index contributed by atoms with van der Waals surface area (Å²) in [4.78, 5) is 48.9. The van der Waals surface area contributed by atoms with E-state index < -0.39 is 23.9 Å². The first-order valence-corrected chi connectivity index (χ1v) is 15.3. The normalized spacial score (nSPS) is 10.7. The van der Waals surface area contributed by atoms with Crippen LogP contribution in [0.4, 0.5) is 0 Å². The molecule has 0 atom stereocenters. The SMILES string of the molecule is C=C(C)C(=O)OCCc1ccc2cc(C(=O)Oc3ccc(OC(=O)c4ccc5cc(CCOC(=O)C(=C)C)ccc5c4)cc3)ccc2c1. The van der Waals surface area contributed by atoms with Crippen molar-refractivity contribution < 1.29 is 38.1 Å². The number of fused-ring (bicyclic) bond motifs is 2. The Bertz CT molecular complexity index is 1910. The molecule has 8 heteroatoms. The average Bonchev–Trinajstić information content (AvgIpc) is 3.08. The van der Waals surface area contributed by atoms with Gasteiger partial charge in [-0.15, -0.1) is 0 Å². The first-order valence-electron chi connectivity index (χ1n) is 15.3. The predicted octanol–water partition coefficient (Wildman–Crippen LogP) is 7.76. The van der Waals surface area contributed by atoms with E-state index in [2.05, 4.69) is 13.2 Å². The fourth-order valence-electron chi connectivity index (χ4n) is 4.83. The molecule has 0 aliphatic rings. The molecule has 0 saturated carbocycles. The number of carbonyl (C=O) groups excluding carboxylic acids is 4. The fraction of sp³-hybridized carbons (Fsp3) is 0.150. The number of carbonyl (C=O) groups is 4. The van der Waals surface area contributed by atoms with Crippen LogP contribution in [0.1, 0.15) is 45.7 Å². The maximum atomic E-state index is 12.9. The minimum atomic E-state index is -0.523. The van der Waals surface area contributed by atoms with E-state index in [1.165, 1.54) is 0 Å². The van der Waals surface area contributed by atoms with Crippen molar-refractivity contribution in [2.75, 3.05) is 13.2 Å². The zero-order valence-corrected chi connectivity index (χ0v) is 26.7. The number of ether oxygens (including phenoxy) is 4. The number of esters is 4. The lowest BCUT2D eigenvalue weighted by Crippen LogP contribution is -2.10. The molecule has 0 unspecified atom stereocenters. The summed E-state index contributed by atoms with van der Waals surface area (Å²) >= 11 is 0. The summed E-state index contributed by atoms with van der Waals surface area (Å²) in [5.74, 6) is -1.27. The van der Waals surface area contributed by atoms with Crippen molar-refractivity contribution in [3.63, 3.8) is 0 Å². The van der Waals surface area contributed by atoms with Crippen molar-refractivity contribution in [1.29, 1.82) is 0 Å². The highest BCUT2D eigenvalue weighted by Crippen LogP contribution is 2.24. The molecule has 0 amide bonds. The molecule has 5 aromatic carbocycles. The summed E-state index contributed by atoms with van der Waals surface area (Å²) in [6.07, 6.45) is 1.12. The van der Waals surface area contributed by atoms with E-state index >= 15 is 0 Å². The Morgan fingerprint density at radius 1 is 0.500 bits per heavy atom. The van der Waals surface area contributed by atoms with Gasteiger partial charge < -0.3 is 18.9 Å². The molecule has 5 rings (SSSR count). The minimum absolute atomic E-state index is 0.254. The zero-order valence-electron chi connectivity index (χ0n) is 26.7. The van der Waals surface area contributed by atoms with Gasteiger partial charge in [0, 0.05) is 24.0 Å². The van der Waals surface area contributed by atoms with Crippen molar-refractivity contribution in [3.05, 3.63) is 144 Å². The number of benzene rings is 5. The maximum Gasteiger partial charge on any atom is 0.343 e. The minimum Gasteiger partial charge on any atom is -0.462 e. The molecule has 0 radical (unpaired) electrons. The Morgan fingerprint density at radius 3 is 1.23 bits per heavy atom. The third kappa shape index (κ3) is 8.61. The van der Waals surface area contributed by atoms with E-state index in [1.54, 1.807) is 62.4 Å². The van der Waals surface area contributed by atoms with Gasteiger partial charge in [-0.25, -0.2) is 19.2 Å². The van der Waals surface area contributed by atoms with Gasteiger partial charge in [-0.1, -0.05) is 61.7 Å². The Hall–Kier alpha value is -6.02. The summed E-state index contributed by atoms with van der Waals surface area (Å²) in [7, 11) is 0. The third-order valence-corrected chi connectivity index (χ3v) is 7.47. The van der Waals surface area contributed by atoms with Crippen LogP contribution < -0.4 is 9.47 Å². The molecular formula is C40H34O8. The lowest BCUT2D eigenvalue weighted by molar-refractivity contribution is -0.139. The van der Waals surface area contributed by atoms with E-state index in [-0.39, 0.29) is 13.2 Å². The lowest BCUT2D eigenvalue weighted by Gasteiger charge is -2.09. The van der Waals surface area contributed by atoms with Crippen molar-refractivity contribution >= 4 is 45.4 Å². The Labute approximate surface area is 278 Å². The fourth-order valence-corrected chi connectivity index (χ4v) is 4.83. The molecule has 0 heterocycles. The van der Waals surface area contributed by atoms with Crippen LogP contribution in [0.2, 0.25) is 0 Å². The molecule has 5 aromatic rings. The Kier molecular flexibility index (Phi) is 10.5. The second-order valence-electron chi connectivity index (χ2n) is 11.4. The molecule has 0 spiro atoms. The molecule has 48 heavy (non-hydrogen) atoms. The van der Waals surface area contributed by atoms with Crippen molar-refractivity contribution in [3.8, 4) is 11.5 Å². The Balaban J connectivity index is 1.15. The quantitative estimate of drug-likeness (QED) is 0.0773. The van der Waals surface area contributed by atoms with Crippen LogP contribution in [-0.4, -0.2) is 37.1 Å². The Morgan fingerprint density at radius 2 is 0.854 bits per heavy atom. The smallest absolute Gasteiger partial charge is 0.343 e. The first kappa shape index (κ1) is 33.3. The maximum absolute atomic E-state index is 12.9. The topological polar surface area (TPSA) is 105 Å². The molecule has 0 aliphatic heterocycles. The molecule has 0 fully saturated rings. The van der Waals surface area contributed by atoms with Crippen LogP contribution in [0.15, 0.2) is 121 Å².